The molecular weight excluding hydrogens is 224 g/mol. The Balaban J connectivity index is 2.48. The summed E-state index contributed by atoms with van der Waals surface area (Å²) in [5, 5.41) is 0. The second kappa shape index (κ2) is 4.96. The second-order valence-corrected chi connectivity index (χ2v) is 4.38. The van der Waals surface area contributed by atoms with Crippen LogP contribution in [-0.2, 0) is 0 Å². The van der Waals surface area contributed by atoms with Crippen molar-refractivity contribution in [3.05, 3.63) is 58.7 Å². The molecule has 2 rings (SSSR count). The molecule has 2 aromatic carbocycles. The summed E-state index contributed by atoms with van der Waals surface area (Å²) in [6.07, 6.45) is 1.72. The molecule has 0 N–H and O–H groups in total. The maximum absolute atomic E-state index is 10.8. The van der Waals surface area contributed by atoms with Crippen LogP contribution < -0.4 is 0 Å². The molecular formula is C16H14O2. The Kier molecular flexibility index (Phi) is 3.38. The van der Waals surface area contributed by atoms with Crippen LogP contribution in [0.25, 0.3) is 11.1 Å². The summed E-state index contributed by atoms with van der Waals surface area (Å²) in [4.78, 5) is 21.5. The van der Waals surface area contributed by atoms with E-state index in [2.05, 4.69) is 0 Å². The molecule has 2 nitrogen and oxygen atoms in total. The van der Waals surface area contributed by atoms with E-state index in [0.717, 1.165) is 34.8 Å². The molecule has 0 aliphatic heterocycles. The second-order valence-electron chi connectivity index (χ2n) is 4.38. The first-order valence-electron chi connectivity index (χ1n) is 5.77. The minimum Gasteiger partial charge on any atom is -0.298 e. The number of hydrogen-bond acceptors (Lipinski definition) is 2. The van der Waals surface area contributed by atoms with Crippen LogP contribution in [0.4, 0.5) is 0 Å². The third-order valence-corrected chi connectivity index (χ3v) is 3.13. The van der Waals surface area contributed by atoms with Crippen molar-refractivity contribution in [2.45, 2.75) is 13.8 Å². The zero-order valence-electron chi connectivity index (χ0n) is 10.4. The Labute approximate surface area is 106 Å². The van der Waals surface area contributed by atoms with Crippen molar-refractivity contribution in [1.82, 2.24) is 0 Å². The number of hydrogen-bond donors (Lipinski definition) is 0. The molecule has 18 heavy (non-hydrogen) atoms. The van der Waals surface area contributed by atoms with E-state index in [4.69, 9.17) is 0 Å². The fraction of sp³-hybridized carbons (Fsp3) is 0.125. The molecule has 0 unspecified atom stereocenters. The summed E-state index contributed by atoms with van der Waals surface area (Å²) in [6.45, 7) is 3.83. The lowest BCUT2D eigenvalue weighted by Crippen LogP contribution is -1.90. The largest absolute Gasteiger partial charge is 0.298 e. The lowest BCUT2D eigenvalue weighted by molar-refractivity contribution is 0.111. The van der Waals surface area contributed by atoms with Crippen LogP contribution in [0.3, 0.4) is 0 Å². The molecule has 0 aromatic heterocycles. The van der Waals surface area contributed by atoms with Crippen LogP contribution in [0.1, 0.15) is 31.8 Å². The predicted octanol–water partition coefficient (Wildman–Crippen LogP) is 3.60. The summed E-state index contributed by atoms with van der Waals surface area (Å²) in [7, 11) is 0. The van der Waals surface area contributed by atoms with E-state index in [1.54, 1.807) is 0 Å². The van der Waals surface area contributed by atoms with Crippen molar-refractivity contribution in [2.24, 2.45) is 0 Å². The summed E-state index contributed by atoms with van der Waals surface area (Å²) in [5.41, 5.74) is 5.44. The van der Waals surface area contributed by atoms with E-state index in [1.807, 2.05) is 50.2 Å². The van der Waals surface area contributed by atoms with Gasteiger partial charge in [0.1, 0.15) is 12.6 Å². The minimum absolute atomic E-state index is 0.708. The Morgan fingerprint density at radius 2 is 1.11 bits per heavy atom. The fourth-order valence-electron chi connectivity index (χ4n) is 1.97. The number of carbonyl (C=O) groups excluding carboxylic acids is 2. The molecule has 0 aliphatic rings. The average Bonchev–Trinajstić information content (AvgIpc) is 2.38. The molecule has 0 fully saturated rings. The lowest BCUT2D eigenvalue weighted by atomic mass is 9.97. The van der Waals surface area contributed by atoms with E-state index < -0.39 is 0 Å². The van der Waals surface area contributed by atoms with Crippen molar-refractivity contribution >= 4 is 12.6 Å². The predicted molar refractivity (Wildman–Crippen MR) is 72.1 cm³/mol. The molecule has 2 heteroatoms. The Bertz CT molecular complexity index is 557. The minimum atomic E-state index is 0.708. The summed E-state index contributed by atoms with van der Waals surface area (Å²) >= 11 is 0. The standard InChI is InChI=1S/C16H14O2/c1-11-7-13(3-5-15(11)9-17)14-4-6-16(10-18)12(2)8-14/h3-10H,1-2H3. The quantitative estimate of drug-likeness (QED) is 0.766. The van der Waals surface area contributed by atoms with Gasteiger partial charge in [0, 0.05) is 11.1 Å². The molecule has 0 atom stereocenters. The van der Waals surface area contributed by atoms with Gasteiger partial charge in [-0.15, -0.1) is 0 Å². The molecule has 2 aromatic rings. The molecule has 0 saturated carbocycles. The van der Waals surface area contributed by atoms with Crippen molar-refractivity contribution in [1.29, 1.82) is 0 Å². The zero-order valence-corrected chi connectivity index (χ0v) is 10.4. The fourth-order valence-corrected chi connectivity index (χ4v) is 1.97. The van der Waals surface area contributed by atoms with E-state index in [-0.39, 0.29) is 0 Å². The van der Waals surface area contributed by atoms with Crippen LogP contribution in [-0.4, -0.2) is 12.6 Å². The van der Waals surface area contributed by atoms with Crippen LogP contribution in [0.5, 0.6) is 0 Å². The highest BCUT2D eigenvalue weighted by Gasteiger charge is 2.04. The molecule has 0 bridgehead atoms. The highest BCUT2D eigenvalue weighted by Crippen LogP contribution is 2.23. The normalized spacial score (nSPS) is 10.1. The number of aldehydes is 2. The zero-order chi connectivity index (χ0) is 13.1. The van der Waals surface area contributed by atoms with Crippen molar-refractivity contribution < 1.29 is 9.59 Å². The maximum atomic E-state index is 10.8. The van der Waals surface area contributed by atoms with Gasteiger partial charge in [0.05, 0.1) is 0 Å². The maximum Gasteiger partial charge on any atom is 0.150 e. The Morgan fingerprint density at radius 1 is 0.722 bits per heavy atom. The van der Waals surface area contributed by atoms with Crippen LogP contribution in [0.15, 0.2) is 36.4 Å². The van der Waals surface area contributed by atoms with E-state index in [9.17, 15) is 9.59 Å². The molecule has 0 spiro atoms. The van der Waals surface area contributed by atoms with Gasteiger partial charge in [-0.05, 0) is 36.1 Å². The topological polar surface area (TPSA) is 34.1 Å². The first kappa shape index (κ1) is 12.2. The van der Waals surface area contributed by atoms with Gasteiger partial charge in [-0.1, -0.05) is 36.4 Å². The van der Waals surface area contributed by atoms with E-state index in [0.29, 0.717) is 11.1 Å². The van der Waals surface area contributed by atoms with Gasteiger partial charge in [-0.25, -0.2) is 0 Å². The number of carbonyl (C=O) groups is 2. The van der Waals surface area contributed by atoms with E-state index in [1.165, 1.54) is 0 Å². The van der Waals surface area contributed by atoms with Crippen LogP contribution >= 0.6 is 0 Å². The highest BCUT2D eigenvalue weighted by atomic mass is 16.1. The third-order valence-electron chi connectivity index (χ3n) is 3.13. The molecule has 0 heterocycles. The molecule has 0 radical (unpaired) electrons. The van der Waals surface area contributed by atoms with Crippen molar-refractivity contribution in [2.75, 3.05) is 0 Å². The number of aryl methyl sites for hydroxylation is 2. The van der Waals surface area contributed by atoms with Gasteiger partial charge >= 0.3 is 0 Å². The molecule has 0 amide bonds. The van der Waals surface area contributed by atoms with Crippen LogP contribution in [0.2, 0.25) is 0 Å². The molecule has 90 valence electrons. The Hall–Kier alpha value is -2.22. The third kappa shape index (κ3) is 2.23. The summed E-state index contributed by atoms with van der Waals surface area (Å²) in [5.74, 6) is 0. The average molecular weight is 238 g/mol. The van der Waals surface area contributed by atoms with E-state index >= 15 is 0 Å². The first-order chi connectivity index (χ1) is 8.65. The highest BCUT2D eigenvalue weighted by molar-refractivity contribution is 5.81. The monoisotopic (exact) mass is 238 g/mol. The van der Waals surface area contributed by atoms with Crippen LogP contribution in [0, 0.1) is 13.8 Å². The first-order valence-corrected chi connectivity index (χ1v) is 5.77. The number of benzene rings is 2. The summed E-state index contributed by atoms with van der Waals surface area (Å²) in [6, 6.07) is 11.5. The van der Waals surface area contributed by atoms with Gasteiger partial charge in [0.25, 0.3) is 0 Å². The smallest absolute Gasteiger partial charge is 0.150 e. The van der Waals surface area contributed by atoms with Crippen molar-refractivity contribution in [3.63, 3.8) is 0 Å². The SMILES string of the molecule is Cc1cc(-c2ccc(C=O)c(C)c2)ccc1C=O. The van der Waals surface area contributed by atoms with Gasteiger partial charge in [0.2, 0.25) is 0 Å². The lowest BCUT2D eigenvalue weighted by Gasteiger charge is -2.07. The Morgan fingerprint density at radius 3 is 1.39 bits per heavy atom. The van der Waals surface area contributed by atoms with Gasteiger partial charge in [0.15, 0.2) is 0 Å². The van der Waals surface area contributed by atoms with Gasteiger partial charge in [-0.2, -0.15) is 0 Å². The summed E-state index contributed by atoms with van der Waals surface area (Å²) < 4.78 is 0. The molecule has 0 aliphatic carbocycles. The van der Waals surface area contributed by atoms with Gasteiger partial charge in [-0.3, -0.25) is 9.59 Å². The van der Waals surface area contributed by atoms with Gasteiger partial charge < -0.3 is 0 Å². The molecule has 0 saturated heterocycles. The van der Waals surface area contributed by atoms with Crippen molar-refractivity contribution in [3.8, 4) is 11.1 Å². The number of rotatable bonds is 3.